The highest BCUT2D eigenvalue weighted by Crippen LogP contribution is 2.25. The quantitative estimate of drug-likeness (QED) is 0.508. The van der Waals surface area contributed by atoms with Crippen molar-refractivity contribution in [3.05, 3.63) is 70.2 Å². The number of aromatic nitrogens is 1. The van der Waals surface area contributed by atoms with Gasteiger partial charge in [0.25, 0.3) is 0 Å². The maximum atomic E-state index is 12.2. The van der Waals surface area contributed by atoms with Gasteiger partial charge in [-0.1, -0.05) is 35.9 Å². The van der Waals surface area contributed by atoms with Crippen LogP contribution in [0.1, 0.15) is 11.3 Å². The number of hydrogen-bond acceptors (Lipinski definition) is 6. The Morgan fingerprint density at radius 3 is 2.59 bits per heavy atom. The minimum Gasteiger partial charge on any atom is -0.461 e. The number of nitrogens with zero attached hydrogens (tertiary/aromatic N) is 2. The molecule has 0 saturated carbocycles. The summed E-state index contributed by atoms with van der Waals surface area (Å²) in [5.74, 6) is -0.432. The number of benzene rings is 2. The maximum Gasteiger partial charge on any atom is 0.312 e. The van der Waals surface area contributed by atoms with Gasteiger partial charge in [0.15, 0.2) is 0 Å². The van der Waals surface area contributed by atoms with Crippen molar-refractivity contribution in [2.24, 2.45) is 0 Å². The molecule has 0 N–H and O–H groups in total. The molecule has 3 aromatic rings. The van der Waals surface area contributed by atoms with Crippen LogP contribution in [-0.4, -0.2) is 37.8 Å². The van der Waals surface area contributed by atoms with Crippen molar-refractivity contribution >= 4 is 38.9 Å². The SMILES string of the molecule is CN(C)S(=O)(=O)c1cccc(COC(=O)Cc2csc(-c3ccc(Cl)cc3)n2)c1. The van der Waals surface area contributed by atoms with Gasteiger partial charge in [-0.15, -0.1) is 11.3 Å². The highest BCUT2D eigenvalue weighted by Gasteiger charge is 2.17. The lowest BCUT2D eigenvalue weighted by atomic mass is 10.2. The van der Waals surface area contributed by atoms with Crippen LogP contribution in [0.3, 0.4) is 0 Å². The molecule has 0 saturated heterocycles. The molecule has 0 atom stereocenters. The van der Waals surface area contributed by atoms with Gasteiger partial charge in [-0.05, 0) is 29.8 Å². The zero-order valence-electron chi connectivity index (χ0n) is 15.8. The van der Waals surface area contributed by atoms with Gasteiger partial charge in [-0.2, -0.15) is 0 Å². The molecule has 0 bridgehead atoms. The molecular formula is C20H19ClN2O4S2. The van der Waals surface area contributed by atoms with Crippen LogP contribution in [0.4, 0.5) is 0 Å². The molecule has 0 aliphatic carbocycles. The van der Waals surface area contributed by atoms with Gasteiger partial charge >= 0.3 is 5.97 Å². The topological polar surface area (TPSA) is 76.6 Å². The molecule has 0 fully saturated rings. The predicted octanol–water partition coefficient (Wildman–Crippen LogP) is 4.00. The van der Waals surface area contributed by atoms with Crippen LogP contribution in [0.25, 0.3) is 10.6 Å². The van der Waals surface area contributed by atoms with Gasteiger partial charge in [0.1, 0.15) is 11.6 Å². The fourth-order valence-electron chi connectivity index (χ4n) is 2.48. The van der Waals surface area contributed by atoms with Crippen LogP contribution in [0.15, 0.2) is 58.8 Å². The van der Waals surface area contributed by atoms with E-state index in [-0.39, 0.29) is 17.9 Å². The van der Waals surface area contributed by atoms with Gasteiger partial charge in [-0.25, -0.2) is 17.7 Å². The molecule has 0 unspecified atom stereocenters. The van der Waals surface area contributed by atoms with Crippen LogP contribution in [0.5, 0.6) is 0 Å². The average Bonchev–Trinajstić information content (AvgIpc) is 3.15. The number of carbonyl (C=O) groups excluding carboxylic acids is 1. The second-order valence-corrected chi connectivity index (χ2v) is 9.87. The maximum absolute atomic E-state index is 12.2. The molecule has 9 heteroatoms. The lowest BCUT2D eigenvalue weighted by molar-refractivity contribution is -0.144. The molecule has 0 radical (unpaired) electrons. The zero-order chi connectivity index (χ0) is 21.0. The highest BCUT2D eigenvalue weighted by atomic mass is 35.5. The number of halogens is 1. The Morgan fingerprint density at radius 2 is 1.90 bits per heavy atom. The van der Waals surface area contributed by atoms with Crippen LogP contribution in [-0.2, 0) is 32.6 Å². The van der Waals surface area contributed by atoms with Crippen molar-refractivity contribution in [2.45, 2.75) is 17.9 Å². The third-order valence-electron chi connectivity index (χ3n) is 4.05. The number of rotatable bonds is 7. The summed E-state index contributed by atoms with van der Waals surface area (Å²) in [6.07, 6.45) is 0.0414. The van der Waals surface area contributed by atoms with Crippen LogP contribution < -0.4 is 0 Å². The largest absolute Gasteiger partial charge is 0.461 e. The normalized spacial score (nSPS) is 11.6. The molecule has 0 aliphatic rings. The number of ether oxygens (including phenoxy) is 1. The van der Waals surface area contributed by atoms with E-state index < -0.39 is 16.0 Å². The number of esters is 1. The van der Waals surface area contributed by atoms with Crippen molar-refractivity contribution < 1.29 is 17.9 Å². The van der Waals surface area contributed by atoms with Crippen LogP contribution in [0, 0.1) is 0 Å². The van der Waals surface area contributed by atoms with E-state index in [1.165, 1.54) is 37.6 Å². The molecule has 1 heterocycles. The lowest BCUT2D eigenvalue weighted by Crippen LogP contribution is -2.22. The first-order valence-electron chi connectivity index (χ1n) is 8.63. The molecule has 3 rings (SSSR count). The first-order valence-corrected chi connectivity index (χ1v) is 11.3. The van der Waals surface area contributed by atoms with E-state index in [1.807, 2.05) is 17.5 Å². The summed E-state index contributed by atoms with van der Waals surface area (Å²) in [5.41, 5.74) is 2.15. The molecular weight excluding hydrogens is 432 g/mol. The summed E-state index contributed by atoms with van der Waals surface area (Å²) in [6, 6.07) is 13.7. The van der Waals surface area contributed by atoms with Crippen molar-refractivity contribution in [1.29, 1.82) is 0 Å². The molecule has 152 valence electrons. The lowest BCUT2D eigenvalue weighted by Gasteiger charge is -2.12. The molecule has 2 aromatic carbocycles. The van der Waals surface area contributed by atoms with Crippen molar-refractivity contribution in [1.82, 2.24) is 9.29 Å². The summed E-state index contributed by atoms with van der Waals surface area (Å²) in [6.45, 7) is -0.0101. The Hall–Kier alpha value is -2.26. The van der Waals surface area contributed by atoms with Gasteiger partial charge in [0.2, 0.25) is 10.0 Å². The fraction of sp³-hybridized carbons (Fsp3) is 0.200. The van der Waals surface area contributed by atoms with E-state index in [0.717, 1.165) is 14.9 Å². The summed E-state index contributed by atoms with van der Waals surface area (Å²) < 4.78 is 30.8. The van der Waals surface area contributed by atoms with E-state index in [1.54, 1.807) is 24.3 Å². The predicted molar refractivity (Wildman–Crippen MR) is 113 cm³/mol. The first kappa shape index (κ1) is 21.4. The number of hydrogen-bond donors (Lipinski definition) is 0. The smallest absolute Gasteiger partial charge is 0.312 e. The Morgan fingerprint density at radius 1 is 1.17 bits per heavy atom. The molecule has 1 aromatic heterocycles. The molecule has 0 amide bonds. The standard InChI is InChI=1S/C20H19ClN2O4S2/c1-23(2)29(25,26)18-5-3-4-14(10-18)12-27-19(24)11-17-13-28-20(22-17)15-6-8-16(21)9-7-15/h3-10,13H,11-12H2,1-2H3. The average molecular weight is 451 g/mol. The summed E-state index contributed by atoms with van der Waals surface area (Å²) in [5, 5.41) is 3.26. The minimum absolute atomic E-state index is 0.0101. The van der Waals surface area contributed by atoms with Crippen LogP contribution in [0.2, 0.25) is 5.02 Å². The number of thiazole rings is 1. The van der Waals surface area contributed by atoms with Gasteiger partial charge in [0, 0.05) is 30.1 Å². The number of sulfonamides is 1. The fourth-order valence-corrected chi connectivity index (χ4v) is 4.41. The van der Waals surface area contributed by atoms with E-state index in [4.69, 9.17) is 16.3 Å². The van der Waals surface area contributed by atoms with Gasteiger partial charge in [-0.3, -0.25) is 4.79 Å². The second-order valence-electron chi connectivity index (χ2n) is 6.42. The summed E-state index contributed by atoms with van der Waals surface area (Å²) >= 11 is 7.33. The second kappa shape index (κ2) is 9.04. The van der Waals surface area contributed by atoms with E-state index >= 15 is 0 Å². The molecule has 0 aliphatic heterocycles. The molecule has 29 heavy (non-hydrogen) atoms. The number of carbonyl (C=O) groups is 1. The monoisotopic (exact) mass is 450 g/mol. The van der Waals surface area contributed by atoms with E-state index in [2.05, 4.69) is 4.98 Å². The third kappa shape index (κ3) is 5.42. The van der Waals surface area contributed by atoms with Gasteiger partial charge < -0.3 is 4.74 Å². The summed E-state index contributed by atoms with van der Waals surface area (Å²) in [7, 11) is -0.604. The highest BCUT2D eigenvalue weighted by molar-refractivity contribution is 7.89. The Balaban J connectivity index is 1.60. The molecule has 6 nitrogen and oxygen atoms in total. The Labute approximate surface area is 178 Å². The Kier molecular flexibility index (Phi) is 6.69. The van der Waals surface area contributed by atoms with Crippen LogP contribution >= 0.6 is 22.9 Å². The zero-order valence-corrected chi connectivity index (χ0v) is 18.2. The first-order chi connectivity index (χ1) is 13.8. The summed E-state index contributed by atoms with van der Waals surface area (Å²) in [4.78, 5) is 16.8. The van der Waals surface area contributed by atoms with Crippen molar-refractivity contribution in [3.63, 3.8) is 0 Å². The minimum atomic E-state index is -3.54. The van der Waals surface area contributed by atoms with Crippen molar-refractivity contribution in [3.8, 4) is 10.6 Å². The Bertz CT molecular complexity index is 1110. The molecule has 0 spiro atoms. The third-order valence-corrected chi connectivity index (χ3v) is 7.05. The van der Waals surface area contributed by atoms with E-state index in [0.29, 0.717) is 16.3 Å². The van der Waals surface area contributed by atoms with E-state index in [9.17, 15) is 13.2 Å². The van der Waals surface area contributed by atoms with Gasteiger partial charge in [0.05, 0.1) is 17.0 Å². The van der Waals surface area contributed by atoms with Crippen molar-refractivity contribution in [2.75, 3.05) is 14.1 Å².